The second-order valence-corrected chi connectivity index (χ2v) is 11.1. The van der Waals surface area contributed by atoms with Gasteiger partial charge in [-0.25, -0.2) is 12.8 Å². The smallest absolute Gasteiger partial charge is 0.264 e. The van der Waals surface area contributed by atoms with Gasteiger partial charge in [0.25, 0.3) is 10.0 Å². The van der Waals surface area contributed by atoms with Crippen LogP contribution in [-0.4, -0.2) is 43.8 Å². The van der Waals surface area contributed by atoms with E-state index in [2.05, 4.69) is 5.32 Å². The van der Waals surface area contributed by atoms with Crippen LogP contribution >= 0.6 is 0 Å². The molecule has 0 saturated heterocycles. The van der Waals surface area contributed by atoms with Gasteiger partial charge in [0.05, 0.1) is 10.6 Å². The summed E-state index contributed by atoms with van der Waals surface area (Å²) < 4.78 is 42.1. The minimum Gasteiger partial charge on any atom is -0.352 e. The lowest BCUT2D eigenvalue weighted by molar-refractivity contribution is -0.139. The summed E-state index contributed by atoms with van der Waals surface area (Å²) in [6.07, 6.45) is 0.709. The molecule has 0 unspecified atom stereocenters. The van der Waals surface area contributed by atoms with Gasteiger partial charge < -0.3 is 10.2 Å². The highest BCUT2D eigenvalue weighted by molar-refractivity contribution is 7.92. The number of para-hydroxylation sites is 1. The number of carbonyl (C=O) groups is 2. The fourth-order valence-corrected chi connectivity index (χ4v) is 5.41. The van der Waals surface area contributed by atoms with Gasteiger partial charge in [-0.05, 0) is 68.7 Å². The van der Waals surface area contributed by atoms with Crippen LogP contribution in [0.3, 0.4) is 0 Å². The standard InChI is InChI=1S/C29H34FN3O4S/c1-5-22(3)31-29(35)23(4)32(19-24-15-17-25(30)18-16-24)28(34)20-33(27-14-10-9-11-21(27)2)38(36,37)26-12-7-6-8-13-26/h6-18,22-23H,5,19-20H2,1-4H3,(H,31,35)/t22-,23+/m1/s1. The van der Waals surface area contributed by atoms with Gasteiger partial charge in [-0.1, -0.05) is 55.5 Å². The Bertz CT molecular complexity index is 1350. The Morgan fingerprint density at radius 2 is 1.53 bits per heavy atom. The maximum atomic E-state index is 13.9. The molecule has 7 nitrogen and oxygen atoms in total. The van der Waals surface area contributed by atoms with Crippen molar-refractivity contribution in [3.05, 3.63) is 95.8 Å². The fourth-order valence-electron chi connectivity index (χ4n) is 3.91. The number of hydrogen-bond donors (Lipinski definition) is 1. The molecule has 0 aliphatic rings. The van der Waals surface area contributed by atoms with E-state index in [1.54, 1.807) is 56.3 Å². The molecular weight excluding hydrogens is 505 g/mol. The van der Waals surface area contributed by atoms with Gasteiger partial charge in [-0.15, -0.1) is 0 Å². The van der Waals surface area contributed by atoms with Crippen molar-refractivity contribution in [2.75, 3.05) is 10.8 Å². The molecule has 3 rings (SSSR count). The first-order valence-electron chi connectivity index (χ1n) is 12.5. The van der Waals surface area contributed by atoms with Gasteiger partial charge in [0.2, 0.25) is 11.8 Å². The average Bonchev–Trinajstić information content (AvgIpc) is 2.91. The van der Waals surface area contributed by atoms with E-state index in [-0.39, 0.29) is 23.4 Å². The first kappa shape index (κ1) is 28.8. The number of aryl methyl sites for hydroxylation is 1. The van der Waals surface area contributed by atoms with Crippen LogP contribution in [0.4, 0.5) is 10.1 Å². The van der Waals surface area contributed by atoms with Crippen LogP contribution in [0, 0.1) is 12.7 Å². The zero-order chi connectivity index (χ0) is 27.9. The van der Waals surface area contributed by atoms with Crippen molar-refractivity contribution in [1.82, 2.24) is 10.2 Å². The number of carbonyl (C=O) groups excluding carboxylic acids is 2. The normalized spacial score (nSPS) is 12.9. The Morgan fingerprint density at radius 3 is 2.13 bits per heavy atom. The van der Waals surface area contributed by atoms with Crippen molar-refractivity contribution in [2.45, 2.75) is 57.6 Å². The van der Waals surface area contributed by atoms with Crippen LogP contribution in [0.5, 0.6) is 0 Å². The lowest BCUT2D eigenvalue weighted by Crippen LogP contribution is -2.52. The fraction of sp³-hybridized carbons (Fsp3) is 0.310. The number of benzene rings is 3. The van der Waals surface area contributed by atoms with Crippen LogP contribution in [0.25, 0.3) is 0 Å². The summed E-state index contributed by atoms with van der Waals surface area (Å²) in [7, 11) is -4.12. The molecular formula is C29H34FN3O4S. The van der Waals surface area contributed by atoms with E-state index in [0.717, 1.165) is 4.31 Å². The van der Waals surface area contributed by atoms with Crippen LogP contribution in [0.1, 0.15) is 38.3 Å². The molecule has 3 aromatic carbocycles. The lowest BCUT2D eigenvalue weighted by atomic mass is 10.1. The predicted octanol–water partition coefficient (Wildman–Crippen LogP) is 4.66. The van der Waals surface area contributed by atoms with E-state index in [9.17, 15) is 22.4 Å². The number of rotatable bonds is 11. The molecule has 3 aromatic rings. The number of sulfonamides is 1. The summed E-state index contributed by atoms with van der Waals surface area (Å²) in [6.45, 7) is 6.65. The summed E-state index contributed by atoms with van der Waals surface area (Å²) in [5.74, 6) is -1.35. The maximum Gasteiger partial charge on any atom is 0.264 e. The number of halogens is 1. The highest BCUT2D eigenvalue weighted by Gasteiger charge is 2.33. The number of nitrogens with one attached hydrogen (secondary N) is 1. The van der Waals surface area contributed by atoms with Crippen molar-refractivity contribution in [2.24, 2.45) is 0 Å². The Morgan fingerprint density at radius 1 is 0.921 bits per heavy atom. The third-order valence-electron chi connectivity index (χ3n) is 6.43. The van der Waals surface area contributed by atoms with Crippen LogP contribution in [-0.2, 0) is 26.2 Å². The van der Waals surface area contributed by atoms with E-state index in [0.29, 0.717) is 23.2 Å². The lowest BCUT2D eigenvalue weighted by Gasteiger charge is -2.33. The first-order chi connectivity index (χ1) is 18.0. The Labute approximate surface area is 224 Å². The zero-order valence-corrected chi connectivity index (χ0v) is 22.9. The number of hydrogen-bond acceptors (Lipinski definition) is 4. The van der Waals surface area contributed by atoms with E-state index in [1.807, 2.05) is 13.8 Å². The van der Waals surface area contributed by atoms with Crippen molar-refractivity contribution in [3.8, 4) is 0 Å². The van der Waals surface area contributed by atoms with Gasteiger partial charge in [0.15, 0.2) is 0 Å². The molecule has 0 aliphatic heterocycles. The molecule has 0 spiro atoms. The molecule has 0 heterocycles. The summed E-state index contributed by atoms with van der Waals surface area (Å²) in [5, 5.41) is 2.89. The van der Waals surface area contributed by atoms with E-state index >= 15 is 0 Å². The third kappa shape index (κ3) is 6.98. The Hall–Kier alpha value is -3.72. The summed E-state index contributed by atoms with van der Waals surface area (Å²) in [6, 6.07) is 19.4. The summed E-state index contributed by atoms with van der Waals surface area (Å²) in [4.78, 5) is 28.3. The van der Waals surface area contributed by atoms with Gasteiger partial charge in [0, 0.05) is 12.6 Å². The topological polar surface area (TPSA) is 86.8 Å². The number of anilines is 1. The minimum atomic E-state index is -4.12. The van der Waals surface area contributed by atoms with Crippen LogP contribution < -0.4 is 9.62 Å². The molecule has 0 bridgehead atoms. The quantitative estimate of drug-likeness (QED) is 0.384. The largest absolute Gasteiger partial charge is 0.352 e. The van der Waals surface area contributed by atoms with E-state index in [4.69, 9.17) is 0 Å². The molecule has 0 fully saturated rings. The number of nitrogens with zero attached hydrogens (tertiary/aromatic N) is 2. The third-order valence-corrected chi connectivity index (χ3v) is 8.20. The van der Waals surface area contributed by atoms with Gasteiger partial charge in [-0.3, -0.25) is 13.9 Å². The van der Waals surface area contributed by atoms with Crippen molar-refractivity contribution < 1.29 is 22.4 Å². The molecule has 0 saturated carbocycles. The molecule has 202 valence electrons. The number of amides is 2. The molecule has 38 heavy (non-hydrogen) atoms. The molecule has 2 amide bonds. The predicted molar refractivity (Wildman–Crippen MR) is 146 cm³/mol. The van der Waals surface area contributed by atoms with Gasteiger partial charge >= 0.3 is 0 Å². The average molecular weight is 540 g/mol. The molecule has 9 heteroatoms. The second kappa shape index (κ2) is 12.7. The van der Waals surface area contributed by atoms with Crippen LogP contribution in [0.2, 0.25) is 0 Å². The zero-order valence-electron chi connectivity index (χ0n) is 22.1. The summed E-state index contributed by atoms with van der Waals surface area (Å²) in [5.41, 5.74) is 1.65. The monoisotopic (exact) mass is 539 g/mol. The van der Waals surface area contributed by atoms with Crippen molar-refractivity contribution in [3.63, 3.8) is 0 Å². The highest BCUT2D eigenvalue weighted by atomic mass is 32.2. The SMILES string of the molecule is CC[C@@H](C)NC(=O)[C@H](C)N(Cc1ccc(F)cc1)C(=O)CN(c1ccccc1C)S(=O)(=O)c1ccccc1. The summed E-state index contributed by atoms with van der Waals surface area (Å²) >= 11 is 0. The minimum absolute atomic E-state index is 0.00119. The Kier molecular flexibility index (Phi) is 9.63. The van der Waals surface area contributed by atoms with E-state index < -0.39 is 34.3 Å². The molecule has 2 atom stereocenters. The maximum absolute atomic E-state index is 13.9. The molecule has 1 N–H and O–H groups in total. The van der Waals surface area contributed by atoms with E-state index in [1.165, 1.54) is 41.3 Å². The Balaban J connectivity index is 2.02. The van der Waals surface area contributed by atoms with Gasteiger partial charge in [-0.2, -0.15) is 0 Å². The van der Waals surface area contributed by atoms with Crippen molar-refractivity contribution >= 4 is 27.5 Å². The van der Waals surface area contributed by atoms with Gasteiger partial charge in [0.1, 0.15) is 18.4 Å². The second-order valence-electron chi connectivity index (χ2n) is 9.25. The van der Waals surface area contributed by atoms with Crippen molar-refractivity contribution in [1.29, 1.82) is 0 Å². The van der Waals surface area contributed by atoms with Crippen LogP contribution in [0.15, 0.2) is 83.8 Å². The molecule has 0 aromatic heterocycles. The first-order valence-corrected chi connectivity index (χ1v) is 14.0. The highest BCUT2D eigenvalue weighted by Crippen LogP contribution is 2.27. The molecule has 0 radical (unpaired) electrons. The molecule has 0 aliphatic carbocycles.